The molecule has 6 nitrogen and oxygen atoms in total. The van der Waals surface area contributed by atoms with Crippen molar-refractivity contribution in [3.63, 3.8) is 0 Å². The molecule has 1 fully saturated rings. The molecule has 0 bridgehead atoms. The van der Waals surface area contributed by atoms with E-state index in [9.17, 15) is 8.42 Å². The van der Waals surface area contributed by atoms with E-state index in [-0.39, 0.29) is 17.5 Å². The van der Waals surface area contributed by atoms with Crippen LogP contribution in [0.15, 0.2) is 41.1 Å². The summed E-state index contributed by atoms with van der Waals surface area (Å²) in [5.41, 5.74) is 2.28. The Balaban J connectivity index is 1.68. The number of nitrogens with zero attached hydrogens (tertiary/aromatic N) is 3. The van der Waals surface area contributed by atoms with Gasteiger partial charge in [-0.1, -0.05) is 12.1 Å². The zero-order valence-electron chi connectivity index (χ0n) is 11.1. The first-order chi connectivity index (χ1) is 10.1. The van der Waals surface area contributed by atoms with Crippen LogP contribution in [0.1, 0.15) is 12.5 Å². The third-order valence-corrected chi connectivity index (χ3v) is 5.48. The van der Waals surface area contributed by atoms with Crippen LogP contribution in [0.3, 0.4) is 0 Å². The molecule has 0 spiro atoms. The maximum absolute atomic E-state index is 11.5. The van der Waals surface area contributed by atoms with Gasteiger partial charge in [0.15, 0.2) is 15.4 Å². The quantitative estimate of drug-likeness (QED) is 0.724. The Morgan fingerprint density at radius 3 is 2.90 bits per heavy atom. The SMILES string of the molecule is O=S1(=O)CCC(n2cc(-c3nc4ccccc4o3)cn2)C1. The van der Waals surface area contributed by atoms with Gasteiger partial charge in [-0.25, -0.2) is 13.4 Å². The van der Waals surface area contributed by atoms with Gasteiger partial charge in [0.1, 0.15) is 5.52 Å². The van der Waals surface area contributed by atoms with Crippen LogP contribution in [0.25, 0.3) is 22.6 Å². The molecule has 4 rings (SSSR count). The Morgan fingerprint density at radius 2 is 2.14 bits per heavy atom. The molecule has 0 aliphatic carbocycles. The van der Waals surface area contributed by atoms with Crippen molar-refractivity contribution in [3.8, 4) is 11.5 Å². The van der Waals surface area contributed by atoms with Crippen LogP contribution >= 0.6 is 0 Å². The largest absolute Gasteiger partial charge is 0.436 e. The molecule has 3 heterocycles. The van der Waals surface area contributed by atoms with Crippen molar-refractivity contribution in [2.45, 2.75) is 12.5 Å². The zero-order chi connectivity index (χ0) is 14.4. The summed E-state index contributed by atoms with van der Waals surface area (Å²) in [5, 5.41) is 4.26. The van der Waals surface area contributed by atoms with E-state index in [0.29, 0.717) is 12.3 Å². The molecule has 108 valence electrons. The standard InChI is InChI=1S/C14H13N3O3S/c18-21(19)6-5-11(9-21)17-8-10(7-15-17)14-16-12-3-1-2-4-13(12)20-14/h1-4,7-8,11H,5-6,9H2. The molecule has 0 saturated carbocycles. The molecular weight excluding hydrogens is 290 g/mol. The second-order valence-electron chi connectivity index (χ2n) is 5.25. The van der Waals surface area contributed by atoms with E-state index in [1.165, 1.54) is 0 Å². The molecule has 21 heavy (non-hydrogen) atoms. The van der Waals surface area contributed by atoms with Crippen LogP contribution in [-0.4, -0.2) is 34.7 Å². The third kappa shape index (κ3) is 2.23. The van der Waals surface area contributed by atoms with Crippen molar-refractivity contribution in [1.82, 2.24) is 14.8 Å². The van der Waals surface area contributed by atoms with Gasteiger partial charge in [-0.2, -0.15) is 5.10 Å². The first-order valence-corrected chi connectivity index (χ1v) is 8.53. The molecule has 7 heteroatoms. The van der Waals surface area contributed by atoms with Gasteiger partial charge in [0, 0.05) is 6.20 Å². The average Bonchev–Trinajstić information content (AvgIpc) is 3.14. The fourth-order valence-electron chi connectivity index (χ4n) is 2.63. The fraction of sp³-hybridized carbons (Fsp3) is 0.286. The topological polar surface area (TPSA) is 78.0 Å². The van der Waals surface area contributed by atoms with Crippen LogP contribution in [0, 0.1) is 0 Å². The number of fused-ring (bicyclic) bond motifs is 1. The Hall–Kier alpha value is -2.15. The lowest BCUT2D eigenvalue weighted by Crippen LogP contribution is -2.11. The summed E-state index contributed by atoms with van der Waals surface area (Å²) < 4.78 is 30.5. The number of hydrogen-bond donors (Lipinski definition) is 0. The van der Waals surface area contributed by atoms with Crippen molar-refractivity contribution in [2.24, 2.45) is 0 Å². The van der Waals surface area contributed by atoms with Gasteiger partial charge in [0.05, 0.1) is 29.3 Å². The van der Waals surface area contributed by atoms with Gasteiger partial charge in [-0.15, -0.1) is 0 Å². The second kappa shape index (κ2) is 4.42. The van der Waals surface area contributed by atoms with Gasteiger partial charge >= 0.3 is 0 Å². The van der Waals surface area contributed by atoms with E-state index < -0.39 is 9.84 Å². The molecule has 2 aromatic heterocycles. The van der Waals surface area contributed by atoms with Gasteiger partial charge in [-0.3, -0.25) is 4.68 Å². The number of hydrogen-bond acceptors (Lipinski definition) is 5. The number of benzene rings is 1. The maximum Gasteiger partial charge on any atom is 0.230 e. The van der Waals surface area contributed by atoms with Crippen molar-refractivity contribution < 1.29 is 12.8 Å². The number of aromatic nitrogens is 3. The molecule has 1 aliphatic heterocycles. The lowest BCUT2D eigenvalue weighted by molar-refractivity contribution is 0.499. The smallest absolute Gasteiger partial charge is 0.230 e. The molecular formula is C14H13N3O3S. The summed E-state index contributed by atoms with van der Waals surface area (Å²) >= 11 is 0. The summed E-state index contributed by atoms with van der Waals surface area (Å²) in [5.74, 6) is 0.889. The van der Waals surface area contributed by atoms with E-state index in [1.807, 2.05) is 24.3 Å². The van der Waals surface area contributed by atoms with Crippen LogP contribution in [-0.2, 0) is 9.84 Å². The van der Waals surface area contributed by atoms with E-state index in [2.05, 4.69) is 10.1 Å². The molecule has 1 aromatic carbocycles. The zero-order valence-corrected chi connectivity index (χ0v) is 12.0. The first kappa shape index (κ1) is 12.6. The predicted molar refractivity (Wildman–Crippen MR) is 77.5 cm³/mol. The minimum atomic E-state index is -2.92. The summed E-state index contributed by atoms with van der Waals surface area (Å²) in [6.45, 7) is 0. The third-order valence-electron chi connectivity index (χ3n) is 3.72. The Kier molecular flexibility index (Phi) is 2.65. The lowest BCUT2D eigenvalue weighted by atomic mass is 10.3. The number of para-hydroxylation sites is 2. The average molecular weight is 303 g/mol. The van der Waals surface area contributed by atoms with Gasteiger partial charge in [0.2, 0.25) is 5.89 Å². The lowest BCUT2D eigenvalue weighted by Gasteiger charge is -2.06. The van der Waals surface area contributed by atoms with Gasteiger partial charge in [0.25, 0.3) is 0 Å². The minimum absolute atomic E-state index is 0.0897. The van der Waals surface area contributed by atoms with Crippen molar-refractivity contribution in [2.75, 3.05) is 11.5 Å². The summed E-state index contributed by atoms with van der Waals surface area (Å²) in [7, 11) is -2.92. The summed E-state index contributed by atoms with van der Waals surface area (Å²) in [4.78, 5) is 4.41. The molecule has 1 atom stereocenters. The maximum atomic E-state index is 11.5. The highest BCUT2D eigenvalue weighted by molar-refractivity contribution is 7.91. The molecule has 0 N–H and O–H groups in total. The molecule has 0 radical (unpaired) electrons. The number of sulfone groups is 1. The molecule has 3 aromatic rings. The predicted octanol–water partition coefficient (Wildman–Crippen LogP) is 2.05. The Bertz CT molecular complexity index is 877. The Morgan fingerprint density at radius 1 is 1.29 bits per heavy atom. The van der Waals surface area contributed by atoms with Crippen LogP contribution in [0.5, 0.6) is 0 Å². The van der Waals surface area contributed by atoms with Crippen LogP contribution in [0.2, 0.25) is 0 Å². The molecule has 0 amide bonds. The van der Waals surface area contributed by atoms with E-state index in [4.69, 9.17) is 4.42 Å². The van der Waals surface area contributed by atoms with Gasteiger partial charge < -0.3 is 4.42 Å². The minimum Gasteiger partial charge on any atom is -0.436 e. The van der Waals surface area contributed by atoms with E-state index in [0.717, 1.165) is 16.7 Å². The van der Waals surface area contributed by atoms with Gasteiger partial charge in [-0.05, 0) is 18.6 Å². The normalized spacial score (nSPS) is 21.0. The molecule has 1 saturated heterocycles. The highest BCUT2D eigenvalue weighted by Crippen LogP contribution is 2.27. The Labute approximate surface area is 121 Å². The van der Waals surface area contributed by atoms with Crippen molar-refractivity contribution >= 4 is 20.9 Å². The number of rotatable bonds is 2. The first-order valence-electron chi connectivity index (χ1n) is 6.71. The number of oxazole rings is 1. The molecule has 1 aliphatic rings. The summed E-state index contributed by atoms with van der Waals surface area (Å²) in [6, 6.07) is 7.45. The monoisotopic (exact) mass is 303 g/mol. The summed E-state index contributed by atoms with van der Waals surface area (Å²) in [6.07, 6.45) is 4.07. The van der Waals surface area contributed by atoms with E-state index >= 15 is 0 Å². The van der Waals surface area contributed by atoms with Crippen molar-refractivity contribution in [3.05, 3.63) is 36.7 Å². The van der Waals surface area contributed by atoms with Crippen LogP contribution in [0.4, 0.5) is 0 Å². The van der Waals surface area contributed by atoms with Crippen LogP contribution < -0.4 is 0 Å². The van der Waals surface area contributed by atoms with Crippen molar-refractivity contribution in [1.29, 1.82) is 0 Å². The highest BCUT2D eigenvalue weighted by Gasteiger charge is 2.29. The highest BCUT2D eigenvalue weighted by atomic mass is 32.2. The van der Waals surface area contributed by atoms with E-state index in [1.54, 1.807) is 17.1 Å². The fourth-order valence-corrected chi connectivity index (χ4v) is 4.33. The molecule has 1 unspecified atom stereocenters. The second-order valence-corrected chi connectivity index (χ2v) is 7.48.